The second kappa shape index (κ2) is 7.08. The van der Waals surface area contributed by atoms with Crippen LogP contribution in [0.25, 0.3) is 0 Å². The molecule has 2 rings (SSSR count). The Morgan fingerprint density at radius 2 is 1.57 bits per heavy atom. The highest BCUT2D eigenvalue weighted by molar-refractivity contribution is 5.97. The summed E-state index contributed by atoms with van der Waals surface area (Å²) in [5.74, 6) is -0.466. The summed E-state index contributed by atoms with van der Waals surface area (Å²) in [4.78, 5) is 27.1. The topological polar surface area (TPSA) is 90.3 Å². The number of hydrogen-bond acceptors (Lipinski definition) is 5. The number of hydrogen-bond donors (Lipinski definition) is 2. The van der Waals surface area contributed by atoms with Crippen LogP contribution in [0.3, 0.4) is 0 Å². The maximum atomic E-state index is 12.5. The normalized spacial score (nSPS) is 24.1. The molecule has 1 saturated heterocycles. The summed E-state index contributed by atoms with van der Waals surface area (Å²) in [5, 5.41) is 19.4. The molecule has 0 radical (unpaired) electrons. The van der Waals surface area contributed by atoms with Crippen LogP contribution in [0.4, 0.5) is 0 Å². The minimum atomic E-state index is -0.942. The number of carbonyl (C=O) groups is 2. The van der Waals surface area contributed by atoms with E-state index in [1.54, 1.807) is 38.4 Å². The van der Waals surface area contributed by atoms with Crippen molar-refractivity contribution in [2.45, 2.75) is 24.9 Å². The van der Waals surface area contributed by atoms with E-state index in [1.807, 2.05) is 0 Å². The third-order valence-electron chi connectivity index (χ3n) is 3.79. The van der Waals surface area contributed by atoms with E-state index in [0.29, 0.717) is 11.1 Å². The molecule has 23 heavy (non-hydrogen) atoms. The Morgan fingerprint density at radius 1 is 1.04 bits per heavy atom. The van der Waals surface area contributed by atoms with Crippen LogP contribution in [-0.2, 0) is 4.74 Å². The van der Waals surface area contributed by atoms with Gasteiger partial charge in [0.1, 0.15) is 6.10 Å². The van der Waals surface area contributed by atoms with Crippen molar-refractivity contribution in [3.8, 4) is 0 Å². The monoisotopic (exact) mass is 322 g/mol. The van der Waals surface area contributed by atoms with Crippen molar-refractivity contribution in [2.75, 3.05) is 27.7 Å². The first-order valence-electron chi connectivity index (χ1n) is 7.38. The van der Waals surface area contributed by atoms with Gasteiger partial charge in [-0.05, 0) is 24.3 Å². The van der Waals surface area contributed by atoms with Crippen LogP contribution < -0.4 is 0 Å². The summed E-state index contributed by atoms with van der Waals surface area (Å²) in [5.41, 5.74) is 0.885. The van der Waals surface area contributed by atoms with Gasteiger partial charge < -0.3 is 24.7 Å². The third-order valence-corrected chi connectivity index (χ3v) is 3.79. The molecular weight excluding hydrogens is 300 g/mol. The van der Waals surface area contributed by atoms with E-state index in [2.05, 4.69) is 0 Å². The Hall–Kier alpha value is -1.96. The predicted molar refractivity (Wildman–Crippen MR) is 82.9 cm³/mol. The zero-order chi connectivity index (χ0) is 17.1. The summed E-state index contributed by atoms with van der Waals surface area (Å²) in [6.07, 6.45) is -2.30. The Morgan fingerprint density at radius 3 is 2.04 bits per heavy atom. The summed E-state index contributed by atoms with van der Waals surface area (Å²) in [6.45, 7) is 0.0790. The molecule has 7 heteroatoms. The molecule has 1 heterocycles. The van der Waals surface area contributed by atoms with Gasteiger partial charge in [0.2, 0.25) is 0 Å². The van der Waals surface area contributed by atoms with Gasteiger partial charge in [-0.3, -0.25) is 9.59 Å². The maximum absolute atomic E-state index is 12.5. The summed E-state index contributed by atoms with van der Waals surface area (Å²) in [6, 6.07) is 6.32. The Balaban J connectivity index is 2.09. The number of carbonyl (C=O) groups excluding carboxylic acids is 2. The number of likely N-dealkylation sites (N-methyl/N-ethyl adjacent to an activating group) is 1. The van der Waals surface area contributed by atoms with Gasteiger partial charge >= 0.3 is 0 Å². The minimum Gasteiger partial charge on any atom is -0.391 e. The number of amides is 2. The molecule has 2 N–H and O–H groups in total. The third kappa shape index (κ3) is 3.87. The number of benzene rings is 1. The highest BCUT2D eigenvalue weighted by Crippen LogP contribution is 2.19. The first kappa shape index (κ1) is 17.4. The second-order valence-electron chi connectivity index (χ2n) is 5.87. The predicted octanol–water partition coefficient (Wildman–Crippen LogP) is -0.0714. The van der Waals surface area contributed by atoms with Crippen molar-refractivity contribution >= 4 is 11.8 Å². The van der Waals surface area contributed by atoms with E-state index >= 15 is 0 Å². The molecule has 0 aromatic heterocycles. The molecule has 1 aliphatic rings. The van der Waals surface area contributed by atoms with Gasteiger partial charge in [0.05, 0.1) is 12.7 Å². The number of rotatable bonds is 3. The first-order chi connectivity index (χ1) is 10.8. The lowest BCUT2D eigenvalue weighted by molar-refractivity contribution is -0.165. The molecule has 1 aliphatic heterocycles. The minimum absolute atomic E-state index is 0.0790. The van der Waals surface area contributed by atoms with Gasteiger partial charge in [-0.2, -0.15) is 0 Å². The van der Waals surface area contributed by atoms with Crippen LogP contribution in [-0.4, -0.2) is 78.0 Å². The smallest absolute Gasteiger partial charge is 0.255 e. The van der Waals surface area contributed by atoms with Gasteiger partial charge in [0.15, 0.2) is 6.23 Å². The summed E-state index contributed by atoms with van der Waals surface area (Å²) in [7, 11) is 4.85. The van der Waals surface area contributed by atoms with Crippen molar-refractivity contribution in [2.24, 2.45) is 0 Å². The van der Waals surface area contributed by atoms with E-state index in [1.165, 1.54) is 16.8 Å². The highest BCUT2D eigenvalue weighted by atomic mass is 16.5. The van der Waals surface area contributed by atoms with Gasteiger partial charge in [0.25, 0.3) is 11.8 Å². The number of aliphatic hydroxyl groups is 2. The van der Waals surface area contributed by atoms with Gasteiger partial charge in [-0.1, -0.05) is 0 Å². The molecule has 0 aliphatic carbocycles. The fourth-order valence-corrected chi connectivity index (χ4v) is 2.49. The fourth-order valence-electron chi connectivity index (χ4n) is 2.49. The lowest BCUT2D eigenvalue weighted by Crippen LogP contribution is -2.51. The highest BCUT2D eigenvalue weighted by Gasteiger charge is 2.34. The molecule has 1 aromatic rings. The maximum Gasteiger partial charge on any atom is 0.255 e. The first-order valence-corrected chi connectivity index (χ1v) is 7.38. The van der Waals surface area contributed by atoms with E-state index in [0.717, 1.165) is 0 Å². The van der Waals surface area contributed by atoms with E-state index in [-0.39, 0.29) is 24.8 Å². The molecule has 0 spiro atoms. The van der Waals surface area contributed by atoms with Crippen molar-refractivity contribution in [3.63, 3.8) is 0 Å². The average Bonchev–Trinajstić information content (AvgIpc) is 2.53. The molecule has 0 unspecified atom stereocenters. The van der Waals surface area contributed by atoms with Crippen LogP contribution in [0.1, 0.15) is 27.1 Å². The lowest BCUT2D eigenvalue weighted by Gasteiger charge is -2.36. The fraction of sp³-hybridized carbons (Fsp3) is 0.500. The molecular formula is C16H22N2O5. The van der Waals surface area contributed by atoms with Crippen LogP contribution in [0.5, 0.6) is 0 Å². The Bertz CT molecular complexity index is 572. The van der Waals surface area contributed by atoms with E-state index < -0.39 is 18.4 Å². The van der Waals surface area contributed by atoms with E-state index in [4.69, 9.17) is 4.74 Å². The van der Waals surface area contributed by atoms with E-state index in [9.17, 15) is 19.8 Å². The molecule has 7 nitrogen and oxygen atoms in total. The zero-order valence-corrected chi connectivity index (χ0v) is 13.5. The van der Waals surface area contributed by atoms with Gasteiger partial charge in [-0.15, -0.1) is 0 Å². The molecule has 1 aromatic carbocycles. The number of nitrogens with zero attached hydrogens (tertiary/aromatic N) is 2. The Kier molecular flexibility index (Phi) is 5.35. The molecule has 3 atom stereocenters. The van der Waals surface area contributed by atoms with Crippen LogP contribution in [0.15, 0.2) is 24.3 Å². The van der Waals surface area contributed by atoms with Gasteiger partial charge in [0, 0.05) is 38.7 Å². The largest absolute Gasteiger partial charge is 0.391 e. The van der Waals surface area contributed by atoms with Crippen LogP contribution >= 0.6 is 0 Å². The molecule has 0 bridgehead atoms. The molecule has 126 valence electrons. The summed E-state index contributed by atoms with van der Waals surface area (Å²) < 4.78 is 5.34. The molecule has 1 fully saturated rings. The second-order valence-corrected chi connectivity index (χ2v) is 5.87. The van der Waals surface area contributed by atoms with Crippen molar-refractivity contribution in [1.82, 2.24) is 9.80 Å². The van der Waals surface area contributed by atoms with Crippen LogP contribution in [0.2, 0.25) is 0 Å². The lowest BCUT2D eigenvalue weighted by atomic mass is 10.1. The van der Waals surface area contributed by atoms with Gasteiger partial charge in [-0.25, -0.2) is 0 Å². The molecule has 2 amide bonds. The number of aliphatic hydroxyl groups excluding tert-OH is 2. The standard InChI is InChI=1S/C16H22N2O5/c1-17(2)14(21)10-4-6-11(7-5-10)15(22)18(3)16-13(20)8-12(19)9-23-16/h4-7,12-13,16,19-20H,8-9H2,1-3H3/t12-,13-,16-/m1/s1. The van der Waals surface area contributed by atoms with Crippen molar-refractivity contribution in [1.29, 1.82) is 0 Å². The number of ether oxygens (including phenoxy) is 1. The quantitative estimate of drug-likeness (QED) is 0.813. The average molecular weight is 322 g/mol. The Labute approximate surface area is 135 Å². The SMILES string of the molecule is CN(C)C(=O)c1ccc(C(=O)N(C)[C@@H]2OC[C@H](O)C[C@H]2O)cc1. The van der Waals surface area contributed by atoms with Crippen molar-refractivity contribution in [3.05, 3.63) is 35.4 Å². The van der Waals surface area contributed by atoms with Crippen molar-refractivity contribution < 1.29 is 24.5 Å². The molecule has 0 saturated carbocycles. The summed E-state index contributed by atoms with van der Waals surface area (Å²) >= 11 is 0. The van der Waals surface area contributed by atoms with Crippen LogP contribution in [0, 0.1) is 0 Å². The zero-order valence-electron chi connectivity index (χ0n) is 13.5.